The molecule has 0 saturated heterocycles. The normalized spacial score (nSPS) is 10.9. The van der Waals surface area contributed by atoms with Crippen molar-refractivity contribution in [3.05, 3.63) is 43.0 Å². The van der Waals surface area contributed by atoms with Crippen molar-refractivity contribution in [2.24, 2.45) is 0 Å². The summed E-state index contributed by atoms with van der Waals surface area (Å²) in [6.45, 7) is 0. The molecule has 3 rings (SSSR count). The molecule has 0 spiro atoms. The molecule has 0 radical (unpaired) electrons. The van der Waals surface area contributed by atoms with Crippen LogP contribution in [0.2, 0.25) is 0 Å². The van der Waals surface area contributed by atoms with Crippen LogP contribution in [0.5, 0.6) is 0 Å². The summed E-state index contributed by atoms with van der Waals surface area (Å²) in [6.07, 6.45) is 5.42. The lowest BCUT2D eigenvalue weighted by molar-refractivity contribution is 1.04. The topological polar surface area (TPSA) is 30.7 Å². The van der Waals surface area contributed by atoms with Crippen molar-refractivity contribution in [2.75, 3.05) is 0 Å². The molecule has 0 fully saturated rings. The summed E-state index contributed by atoms with van der Waals surface area (Å²) in [5.41, 5.74) is 1.04. The molecule has 4 heteroatoms. The molecule has 1 aromatic carbocycles. The SMILES string of the molecule is c1ccc2sc(-n3ccnc3)nc2c1. The molecule has 0 aliphatic heterocycles. The number of thiazole rings is 1. The Morgan fingerprint density at radius 3 is 2.93 bits per heavy atom. The molecule has 0 bridgehead atoms. The summed E-state index contributed by atoms with van der Waals surface area (Å²) >= 11 is 1.67. The summed E-state index contributed by atoms with van der Waals surface area (Å²) in [6, 6.07) is 8.12. The molecule has 3 aromatic rings. The Morgan fingerprint density at radius 2 is 2.14 bits per heavy atom. The molecule has 0 aliphatic rings. The third kappa shape index (κ3) is 1.12. The smallest absolute Gasteiger partial charge is 0.195 e. The maximum absolute atomic E-state index is 4.50. The van der Waals surface area contributed by atoms with Gasteiger partial charge in [0, 0.05) is 12.4 Å². The van der Waals surface area contributed by atoms with Gasteiger partial charge >= 0.3 is 0 Å². The fourth-order valence-corrected chi connectivity index (χ4v) is 2.26. The lowest BCUT2D eigenvalue weighted by Gasteiger charge is -1.90. The first-order valence-electron chi connectivity index (χ1n) is 4.27. The van der Waals surface area contributed by atoms with Gasteiger partial charge in [-0.1, -0.05) is 23.5 Å². The van der Waals surface area contributed by atoms with Gasteiger partial charge in [0.25, 0.3) is 0 Å². The molecule has 0 aliphatic carbocycles. The third-order valence-corrected chi connectivity index (χ3v) is 3.06. The molecule has 68 valence electrons. The van der Waals surface area contributed by atoms with E-state index in [0.29, 0.717) is 0 Å². The van der Waals surface area contributed by atoms with Crippen LogP contribution in [0.3, 0.4) is 0 Å². The van der Waals surface area contributed by atoms with E-state index in [-0.39, 0.29) is 0 Å². The van der Waals surface area contributed by atoms with Crippen molar-refractivity contribution in [1.29, 1.82) is 0 Å². The minimum absolute atomic E-state index is 0.962. The highest BCUT2D eigenvalue weighted by molar-refractivity contribution is 7.20. The van der Waals surface area contributed by atoms with Gasteiger partial charge < -0.3 is 0 Å². The fourth-order valence-electron chi connectivity index (χ4n) is 1.34. The maximum Gasteiger partial charge on any atom is 0.195 e. The number of benzene rings is 1. The molecule has 0 unspecified atom stereocenters. The van der Waals surface area contributed by atoms with Gasteiger partial charge in [-0.25, -0.2) is 9.97 Å². The number of para-hydroxylation sites is 1. The highest BCUT2D eigenvalue weighted by Crippen LogP contribution is 2.23. The highest BCUT2D eigenvalue weighted by Gasteiger charge is 2.03. The Hall–Kier alpha value is -1.68. The Morgan fingerprint density at radius 1 is 1.21 bits per heavy atom. The quantitative estimate of drug-likeness (QED) is 0.605. The fraction of sp³-hybridized carbons (Fsp3) is 0. The largest absolute Gasteiger partial charge is 0.282 e. The Bertz CT molecular complexity index is 521. The molecule has 3 nitrogen and oxygen atoms in total. The van der Waals surface area contributed by atoms with Crippen molar-refractivity contribution in [1.82, 2.24) is 14.5 Å². The Balaban J connectivity index is 2.24. The minimum atomic E-state index is 0.962. The number of aromatic nitrogens is 3. The second kappa shape index (κ2) is 2.92. The average molecular weight is 201 g/mol. The standard InChI is InChI=1S/C10H7N3S/c1-2-4-9-8(3-1)12-10(14-9)13-6-5-11-7-13/h1-7H. The number of rotatable bonds is 1. The van der Waals surface area contributed by atoms with Gasteiger partial charge in [0.15, 0.2) is 5.13 Å². The second-order valence-electron chi connectivity index (χ2n) is 2.93. The predicted molar refractivity (Wildman–Crippen MR) is 56.7 cm³/mol. The van der Waals surface area contributed by atoms with E-state index in [1.54, 1.807) is 23.9 Å². The lowest BCUT2D eigenvalue weighted by atomic mass is 10.3. The molecule has 2 aromatic heterocycles. The van der Waals surface area contributed by atoms with E-state index < -0.39 is 0 Å². The van der Waals surface area contributed by atoms with Crippen molar-refractivity contribution in [3.8, 4) is 5.13 Å². The molecule has 0 amide bonds. The first-order chi connectivity index (χ1) is 6.93. The van der Waals surface area contributed by atoms with Crippen LogP contribution in [0.4, 0.5) is 0 Å². The zero-order chi connectivity index (χ0) is 9.38. The number of hydrogen-bond donors (Lipinski definition) is 0. The number of hydrogen-bond acceptors (Lipinski definition) is 3. The van der Waals surface area contributed by atoms with Crippen molar-refractivity contribution in [3.63, 3.8) is 0 Å². The van der Waals surface area contributed by atoms with Gasteiger partial charge in [0.2, 0.25) is 0 Å². The molecule has 0 saturated carbocycles. The van der Waals surface area contributed by atoms with Gasteiger partial charge in [-0.05, 0) is 12.1 Å². The van der Waals surface area contributed by atoms with E-state index >= 15 is 0 Å². The van der Waals surface area contributed by atoms with E-state index in [0.717, 1.165) is 10.6 Å². The molecule has 0 N–H and O–H groups in total. The monoisotopic (exact) mass is 201 g/mol. The van der Waals surface area contributed by atoms with E-state index in [4.69, 9.17) is 0 Å². The maximum atomic E-state index is 4.50. The molecule has 0 atom stereocenters. The van der Waals surface area contributed by atoms with Crippen LogP contribution in [0, 0.1) is 0 Å². The number of imidazole rings is 1. The summed E-state index contributed by atoms with van der Waals surface area (Å²) in [4.78, 5) is 8.50. The summed E-state index contributed by atoms with van der Waals surface area (Å²) in [5, 5.41) is 0.962. The molecular weight excluding hydrogens is 194 g/mol. The lowest BCUT2D eigenvalue weighted by Crippen LogP contribution is -1.86. The van der Waals surface area contributed by atoms with Gasteiger partial charge in [-0.2, -0.15) is 0 Å². The van der Waals surface area contributed by atoms with Crippen LogP contribution in [0.25, 0.3) is 15.3 Å². The minimum Gasteiger partial charge on any atom is -0.282 e. The van der Waals surface area contributed by atoms with Crippen molar-refractivity contribution < 1.29 is 0 Å². The van der Waals surface area contributed by atoms with E-state index in [2.05, 4.69) is 16.0 Å². The van der Waals surface area contributed by atoms with Crippen molar-refractivity contribution in [2.45, 2.75) is 0 Å². The zero-order valence-corrected chi connectivity index (χ0v) is 8.11. The number of fused-ring (bicyclic) bond motifs is 1. The number of nitrogens with zero attached hydrogens (tertiary/aromatic N) is 3. The predicted octanol–water partition coefficient (Wildman–Crippen LogP) is 2.48. The van der Waals surface area contributed by atoms with Gasteiger partial charge in [0.1, 0.15) is 6.33 Å². The van der Waals surface area contributed by atoms with Crippen LogP contribution < -0.4 is 0 Å². The second-order valence-corrected chi connectivity index (χ2v) is 3.94. The van der Waals surface area contributed by atoms with Crippen LogP contribution >= 0.6 is 11.3 Å². The molecule has 2 heterocycles. The van der Waals surface area contributed by atoms with Gasteiger partial charge in [-0.3, -0.25) is 4.57 Å². The van der Waals surface area contributed by atoms with Crippen LogP contribution in [-0.2, 0) is 0 Å². The van der Waals surface area contributed by atoms with Gasteiger partial charge in [0.05, 0.1) is 10.2 Å². The van der Waals surface area contributed by atoms with Crippen LogP contribution in [-0.4, -0.2) is 14.5 Å². The molecule has 14 heavy (non-hydrogen) atoms. The summed E-state index contributed by atoms with van der Waals surface area (Å²) in [7, 11) is 0. The van der Waals surface area contributed by atoms with Gasteiger partial charge in [-0.15, -0.1) is 0 Å². The first kappa shape index (κ1) is 7.70. The van der Waals surface area contributed by atoms with E-state index in [9.17, 15) is 0 Å². The Kier molecular flexibility index (Phi) is 1.61. The van der Waals surface area contributed by atoms with E-state index in [1.165, 1.54) is 4.70 Å². The van der Waals surface area contributed by atoms with Crippen LogP contribution in [0.1, 0.15) is 0 Å². The summed E-state index contributed by atoms with van der Waals surface area (Å²) in [5.74, 6) is 0. The summed E-state index contributed by atoms with van der Waals surface area (Å²) < 4.78 is 3.13. The van der Waals surface area contributed by atoms with E-state index in [1.807, 2.05) is 29.0 Å². The molecular formula is C10H7N3S. The highest BCUT2D eigenvalue weighted by atomic mass is 32.1. The van der Waals surface area contributed by atoms with Crippen molar-refractivity contribution >= 4 is 21.6 Å². The first-order valence-corrected chi connectivity index (χ1v) is 5.09. The average Bonchev–Trinajstić information content (AvgIpc) is 2.86. The zero-order valence-electron chi connectivity index (χ0n) is 7.29. The third-order valence-electron chi connectivity index (χ3n) is 2.01. The Labute approximate surface area is 84.7 Å². The van der Waals surface area contributed by atoms with Crippen LogP contribution in [0.15, 0.2) is 43.0 Å².